The van der Waals surface area contributed by atoms with E-state index in [-0.39, 0.29) is 19.1 Å². The topological polar surface area (TPSA) is 75.7 Å². The molecule has 0 unspecified atom stereocenters. The molecular weight excluding hydrogens is 432 g/mol. The van der Waals surface area contributed by atoms with Gasteiger partial charge in [-0.15, -0.1) is 0 Å². The summed E-state index contributed by atoms with van der Waals surface area (Å²) in [4.78, 5) is 11.9. The molecular formula is C20H25ClN2O4S2. The Labute approximate surface area is 181 Å². The van der Waals surface area contributed by atoms with Gasteiger partial charge in [0.15, 0.2) is 6.61 Å². The number of halogens is 1. The smallest absolute Gasteiger partial charge is 0.257 e. The monoisotopic (exact) mass is 456 g/mol. The zero-order chi connectivity index (χ0) is 21.3. The highest BCUT2D eigenvalue weighted by molar-refractivity contribution is 7.98. The fourth-order valence-corrected chi connectivity index (χ4v) is 3.63. The standard InChI is InChI=1S/C20H25ClN2O4S2/c1-23(29(2,25)26)13-16-5-9-19(10-6-16)27-14-20(24)22-11-12-28-15-17-3-7-18(21)8-4-17/h3-10H,11-15H2,1-2H3,(H,22,24). The van der Waals surface area contributed by atoms with Crippen molar-refractivity contribution >= 4 is 39.3 Å². The third-order valence-corrected chi connectivity index (χ3v) is 6.56. The maximum absolute atomic E-state index is 11.9. The molecule has 2 rings (SSSR count). The third kappa shape index (κ3) is 9.08. The van der Waals surface area contributed by atoms with Crippen LogP contribution in [0.25, 0.3) is 0 Å². The van der Waals surface area contributed by atoms with E-state index in [4.69, 9.17) is 16.3 Å². The molecule has 1 amide bonds. The minimum absolute atomic E-state index is 0.0650. The predicted molar refractivity (Wildman–Crippen MR) is 119 cm³/mol. The zero-order valence-electron chi connectivity index (χ0n) is 16.4. The van der Waals surface area contributed by atoms with Crippen LogP contribution in [0.4, 0.5) is 0 Å². The van der Waals surface area contributed by atoms with E-state index >= 15 is 0 Å². The zero-order valence-corrected chi connectivity index (χ0v) is 18.8. The first-order valence-electron chi connectivity index (χ1n) is 8.96. The molecule has 2 aromatic rings. The van der Waals surface area contributed by atoms with E-state index in [9.17, 15) is 13.2 Å². The second-order valence-corrected chi connectivity index (χ2v) is 10.1. The molecule has 0 heterocycles. The van der Waals surface area contributed by atoms with Crippen LogP contribution in [-0.4, -0.2) is 50.8 Å². The van der Waals surface area contributed by atoms with E-state index in [0.717, 1.165) is 22.1 Å². The van der Waals surface area contributed by atoms with Gasteiger partial charge in [0, 0.05) is 36.7 Å². The number of nitrogens with one attached hydrogen (secondary N) is 1. The Hall–Kier alpha value is -1.74. The fourth-order valence-electron chi connectivity index (χ4n) is 2.30. The number of nitrogens with zero attached hydrogens (tertiary/aromatic N) is 1. The van der Waals surface area contributed by atoms with Gasteiger partial charge in [0.1, 0.15) is 5.75 Å². The van der Waals surface area contributed by atoms with Crippen molar-refractivity contribution in [3.8, 4) is 5.75 Å². The van der Waals surface area contributed by atoms with Crippen molar-refractivity contribution in [2.45, 2.75) is 12.3 Å². The highest BCUT2D eigenvalue weighted by atomic mass is 35.5. The number of ether oxygens (including phenoxy) is 1. The highest BCUT2D eigenvalue weighted by Crippen LogP contribution is 2.15. The molecule has 0 bridgehead atoms. The van der Waals surface area contributed by atoms with Crippen molar-refractivity contribution in [2.75, 3.05) is 32.2 Å². The van der Waals surface area contributed by atoms with Crippen LogP contribution < -0.4 is 10.1 Å². The second kappa shape index (κ2) is 11.4. The minimum atomic E-state index is -3.22. The lowest BCUT2D eigenvalue weighted by Gasteiger charge is -2.14. The highest BCUT2D eigenvalue weighted by Gasteiger charge is 2.11. The van der Waals surface area contributed by atoms with Crippen molar-refractivity contribution in [1.82, 2.24) is 9.62 Å². The number of hydrogen-bond donors (Lipinski definition) is 1. The lowest BCUT2D eigenvalue weighted by atomic mass is 10.2. The van der Waals surface area contributed by atoms with E-state index in [1.165, 1.54) is 23.2 Å². The van der Waals surface area contributed by atoms with E-state index in [0.29, 0.717) is 12.3 Å². The lowest BCUT2D eigenvalue weighted by Crippen LogP contribution is -2.30. The van der Waals surface area contributed by atoms with Gasteiger partial charge in [0.2, 0.25) is 10.0 Å². The second-order valence-electron chi connectivity index (χ2n) is 6.48. The van der Waals surface area contributed by atoms with Gasteiger partial charge in [-0.25, -0.2) is 12.7 Å². The van der Waals surface area contributed by atoms with Gasteiger partial charge in [0.25, 0.3) is 5.91 Å². The van der Waals surface area contributed by atoms with Gasteiger partial charge in [0.05, 0.1) is 6.26 Å². The lowest BCUT2D eigenvalue weighted by molar-refractivity contribution is -0.122. The predicted octanol–water partition coefficient (Wildman–Crippen LogP) is 3.16. The number of benzene rings is 2. The molecule has 0 aliphatic rings. The molecule has 2 aromatic carbocycles. The summed E-state index contributed by atoms with van der Waals surface area (Å²) in [6, 6.07) is 14.7. The van der Waals surface area contributed by atoms with Gasteiger partial charge < -0.3 is 10.1 Å². The first-order valence-corrected chi connectivity index (χ1v) is 12.3. The largest absolute Gasteiger partial charge is 0.484 e. The maximum atomic E-state index is 11.9. The molecule has 0 saturated heterocycles. The number of sulfonamides is 1. The summed E-state index contributed by atoms with van der Waals surface area (Å²) >= 11 is 7.59. The molecule has 0 atom stereocenters. The van der Waals surface area contributed by atoms with E-state index in [1.54, 1.807) is 36.0 Å². The molecule has 1 N–H and O–H groups in total. The number of carbonyl (C=O) groups excluding carboxylic acids is 1. The van der Waals surface area contributed by atoms with Crippen LogP contribution in [0.1, 0.15) is 11.1 Å². The molecule has 0 aliphatic carbocycles. The van der Waals surface area contributed by atoms with Crippen LogP contribution in [0.15, 0.2) is 48.5 Å². The summed E-state index contributed by atoms with van der Waals surface area (Å²) in [5, 5.41) is 3.55. The van der Waals surface area contributed by atoms with Crippen molar-refractivity contribution in [3.05, 3.63) is 64.7 Å². The molecule has 0 spiro atoms. The molecule has 0 fully saturated rings. The fraction of sp³-hybridized carbons (Fsp3) is 0.350. The summed E-state index contributed by atoms with van der Waals surface area (Å²) in [5.41, 5.74) is 2.03. The number of amides is 1. The third-order valence-electron chi connectivity index (χ3n) is 4.02. The van der Waals surface area contributed by atoms with Crippen molar-refractivity contribution in [1.29, 1.82) is 0 Å². The van der Waals surface area contributed by atoms with Crippen LogP contribution in [-0.2, 0) is 27.1 Å². The van der Waals surface area contributed by atoms with Crippen molar-refractivity contribution in [3.63, 3.8) is 0 Å². The Morgan fingerprint density at radius 2 is 1.72 bits per heavy atom. The average Bonchev–Trinajstić information content (AvgIpc) is 2.68. The number of thioether (sulfide) groups is 1. The first-order chi connectivity index (χ1) is 13.7. The average molecular weight is 457 g/mol. The van der Waals surface area contributed by atoms with Gasteiger partial charge in [-0.1, -0.05) is 35.9 Å². The van der Waals surface area contributed by atoms with E-state index in [2.05, 4.69) is 5.32 Å². The number of hydrogen-bond acceptors (Lipinski definition) is 5. The molecule has 29 heavy (non-hydrogen) atoms. The van der Waals surface area contributed by atoms with E-state index in [1.807, 2.05) is 24.3 Å². The Kier molecular flexibility index (Phi) is 9.29. The molecule has 0 radical (unpaired) electrons. The van der Waals surface area contributed by atoms with Gasteiger partial charge >= 0.3 is 0 Å². The summed E-state index contributed by atoms with van der Waals surface area (Å²) in [7, 11) is -1.70. The molecule has 0 aliphatic heterocycles. The van der Waals surface area contributed by atoms with Crippen LogP contribution >= 0.6 is 23.4 Å². The molecule has 9 heteroatoms. The summed E-state index contributed by atoms with van der Waals surface area (Å²) in [6.07, 6.45) is 1.17. The Morgan fingerprint density at radius 3 is 2.34 bits per heavy atom. The molecule has 158 valence electrons. The van der Waals surface area contributed by atoms with Gasteiger partial charge in [-0.3, -0.25) is 4.79 Å². The van der Waals surface area contributed by atoms with Crippen LogP contribution in [0.2, 0.25) is 5.02 Å². The maximum Gasteiger partial charge on any atom is 0.257 e. The molecule has 6 nitrogen and oxygen atoms in total. The van der Waals surface area contributed by atoms with Crippen molar-refractivity contribution < 1.29 is 17.9 Å². The van der Waals surface area contributed by atoms with Gasteiger partial charge in [-0.2, -0.15) is 11.8 Å². The Morgan fingerprint density at radius 1 is 1.10 bits per heavy atom. The number of rotatable bonds is 11. The van der Waals surface area contributed by atoms with E-state index < -0.39 is 10.0 Å². The SMILES string of the molecule is CN(Cc1ccc(OCC(=O)NCCSCc2ccc(Cl)cc2)cc1)S(C)(=O)=O. The minimum Gasteiger partial charge on any atom is -0.484 e. The number of carbonyl (C=O) groups is 1. The normalized spacial score (nSPS) is 11.4. The quantitative estimate of drug-likeness (QED) is 0.525. The first kappa shape index (κ1) is 23.5. The van der Waals surface area contributed by atoms with Crippen LogP contribution in [0, 0.1) is 0 Å². The van der Waals surface area contributed by atoms with Crippen molar-refractivity contribution in [2.24, 2.45) is 0 Å². The Bertz CT molecular complexity index is 888. The molecule has 0 aromatic heterocycles. The van der Waals surface area contributed by atoms with Crippen LogP contribution in [0.5, 0.6) is 5.75 Å². The summed E-state index contributed by atoms with van der Waals surface area (Å²) in [6.45, 7) is 0.787. The van der Waals surface area contributed by atoms with Gasteiger partial charge in [-0.05, 0) is 35.4 Å². The van der Waals surface area contributed by atoms with Crippen LogP contribution in [0.3, 0.4) is 0 Å². The molecule has 0 saturated carbocycles. The summed E-state index contributed by atoms with van der Waals surface area (Å²) in [5.74, 6) is 2.04. The summed E-state index contributed by atoms with van der Waals surface area (Å²) < 4.78 is 29.6. The Balaban J connectivity index is 1.62.